The van der Waals surface area contributed by atoms with Gasteiger partial charge in [0.25, 0.3) is 0 Å². The molecule has 0 aromatic carbocycles. The summed E-state index contributed by atoms with van der Waals surface area (Å²) < 4.78 is 0. The van der Waals surface area contributed by atoms with Crippen LogP contribution in [0.25, 0.3) is 11.2 Å². The first-order valence-corrected chi connectivity index (χ1v) is 7.52. The van der Waals surface area contributed by atoms with Crippen LogP contribution < -0.4 is 10.2 Å². The first-order chi connectivity index (χ1) is 9.84. The van der Waals surface area contributed by atoms with E-state index in [2.05, 4.69) is 71.8 Å². The highest BCUT2D eigenvalue weighted by molar-refractivity contribution is 5.84. The summed E-state index contributed by atoms with van der Waals surface area (Å²) in [7, 11) is 2.07. The molecule has 0 saturated heterocycles. The Labute approximate surface area is 126 Å². The van der Waals surface area contributed by atoms with Crippen molar-refractivity contribution in [1.82, 2.24) is 19.9 Å². The molecule has 2 rings (SSSR count). The summed E-state index contributed by atoms with van der Waals surface area (Å²) in [6, 6.07) is 0.331. The fraction of sp³-hybridized carbons (Fsp3) is 0.667. The Morgan fingerprint density at radius 3 is 2.67 bits per heavy atom. The zero-order valence-electron chi connectivity index (χ0n) is 13.9. The van der Waals surface area contributed by atoms with Crippen molar-refractivity contribution in [3.63, 3.8) is 0 Å². The molecule has 2 N–H and O–H groups in total. The fourth-order valence-corrected chi connectivity index (χ4v) is 2.15. The number of fused-ring (bicyclic) bond motifs is 1. The van der Waals surface area contributed by atoms with E-state index in [-0.39, 0.29) is 5.41 Å². The number of aromatic nitrogens is 4. The molecule has 2 heterocycles. The van der Waals surface area contributed by atoms with Gasteiger partial charge in [0.1, 0.15) is 5.52 Å². The maximum atomic E-state index is 4.68. The second-order valence-corrected chi connectivity index (χ2v) is 6.55. The number of hydrogen-bond acceptors (Lipinski definition) is 5. The summed E-state index contributed by atoms with van der Waals surface area (Å²) in [6.45, 7) is 11.9. The Balaban J connectivity index is 2.43. The number of hydrogen-bond donors (Lipinski definition) is 2. The van der Waals surface area contributed by atoms with Gasteiger partial charge in [-0.1, -0.05) is 27.7 Å². The molecule has 0 radical (unpaired) electrons. The van der Waals surface area contributed by atoms with Gasteiger partial charge in [-0.15, -0.1) is 0 Å². The molecule has 0 aliphatic carbocycles. The highest BCUT2D eigenvalue weighted by Crippen LogP contribution is 2.29. The van der Waals surface area contributed by atoms with Crippen molar-refractivity contribution in [3.05, 3.63) is 6.33 Å². The predicted octanol–water partition coefficient (Wildman–Crippen LogP) is 3.05. The van der Waals surface area contributed by atoms with Crippen LogP contribution in [0.4, 0.5) is 11.8 Å². The third-order valence-corrected chi connectivity index (χ3v) is 3.97. The van der Waals surface area contributed by atoms with Gasteiger partial charge in [-0.25, -0.2) is 4.98 Å². The minimum absolute atomic E-state index is 0.156. The smallest absolute Gasteiger partial charge is 0.226 e. The summed E-state index contributed by atoms with van der Waals surface area (Å²) in [5.41, 5.74) is 1.74. The number of nitrogens with one attached hydrogen (secondary N) is 2. The molecule has 6 nitrogen and oxygen atoms in total. The van der Waals surface area contributed by atoms with Crippen molar-refractivity contribution in [2.24, 2.45) is 5.41 Å². The highest BCUT2D eigenvalue weighted by atomic mass is 15.3. The van der Waals surface area contributed by atoms with Crippen LogP contribution in [-0.4, -0.2) is 39.6 Å². The van der Waals surface area contributed by atoms with Gasteiger partial charge < -0.3 is 15.2 Å². The maximum absolute atomic E-state index is 4.68. The molecule has 1 atom stereocenters. The molecular weight excluding hydrogens is 264 g/mol. The number of aromatic amines is 1. The Morgan fingerprint density at radius 1 is 1.33 bits per heavy atom. The quantitative estimate of drug-likeness (QED) is 0.885. The van der Waals surface area contributed by atoms with Crippen LogP contribution >= 0.6 is 0 Å². The van der Waals surface area contributed by atoms with Crippen LogP contribution in [0, 0.1) is 5.41 Å². The van der Waals surface area contributed by atoms with Gasteiger partial charge in [0.05, 0.1) is 6.33 Å². The standard InChI is InChI=1S/C15H26N6/c1-7-8-16-14-19-12-11(17-9-18-12)13(20-14)21(6)10(2)15(3,4)5/h9-10H,7-8H2,1-6H3,(H2,16,17,18,19,20). The van der Waals surface area contributed by atoms with E-state index in [9.17, 15) is 0 Å². The molecule has 0 fully saturated rings. The van der Waals surface area contributed by atoms with Crippen LogP contribution in [0.3, 0.4) is 0 Å². The van der Waals surface area contributed by atoms with Gasteiger partial charge in [-0.2, -0.15) is 9.97 Å². The number of rotatable bonds is 5. The number of nitrogens with zero attached hydrogens (tertiary/aromatic N) is 4. The van der Waals surface area contributed by atoms with Crippen LogP contribution in [0.5, 0.6) is 0 Å². The molecule has 116 valence electrons. The SMILES string of the molecule is CCCNc1nc(N(C)C(C)C(C)(C)C)c2[nH]cnc2n1. The summed E-state index contributed by atoms with van der Waals surface area (Å²) in [5, 5.41) is 3.25. The van der Waals surface area contributed by atoms with Gasteiger partial charge in [0, 0.05) is 19.6 Å². The molecule has 1 unspecified atom stereocenters. The molecular formula is C15H26N6. The first-order valence-electron chi connectivity index (χ1n) is 7.52. The predicted molar refractivity (Wildman–Crippen MR) is 87.8 cm³/mol. The van der Waals surface area contributed by atoms with Crippen molar-refractivity contribution in [1.29, 1.82) is 0 Å². The third kappa shape index (κ3) is 3.25. The minimum Gasteiger partial charge on any atom is -0.354 e. The van der Waals surface area contributed by atoms with E-state index in [1.165, 1.54) is 0 Å². The highest BCUT2D eigenvalue weighted by Gasteiger charge is 2.26. The maximum Gasteiger partial charge on any atom is 0.226 e. The zero-order chi connectivity index (χ0) is 15.6. The van der Waals surface area contributed by atoms with Crippen molar-refractivity contribution in [2.45, 2.75) is 47.1 Å². The average molecular weight is 290 g/mol. The van der Waals surface area contributed by atoms with Crippen molar-refractivity contribution in [3.8, 4) is 0 Å². The molecule has 0 amide bonds. The summed E-state index contributed by atoms with van der Waals surface area (Å²) in [5.74, 6) is 1.53. The molecule has 6 heteroatoms. The monoisotopic (exact) mass is 290 g/mol. The van der Waals surface area contributed by atoms with Gasteiger partial charge >= 0.3 is 0 Å². The number of imidazole rings is 1. The molecule has 2 aromatic rings. The lowest BCUT2D eigenvalue weighted by Crippen LogP contribution is -2.40. The van der Waals surface area contributed by atoms with Crippen LogP contribution in [0.2, 0.25) is 0 Å². The van der Waals surface area contributed by atoms with E-state index in [1.54, 1.807) is 6.33 Å². The lowest BCUT2D eigenvalue weighted by molar-refractivity contribution is 0.329. The molecule has 2 aromatic heterocycles. The van der Waals surface area contributed by atoms with E-state index in [0.717, 1.165) is 24.3 Å². The van der Waals surface area contributed by atoms with E-state index in [4.69, 9.17) is 0 Å². The van der Waals surface area contributed by atoms with Gasteiger partial charge in [-0.3, -0.25) is 0 Å². The van der Waals surface area contributed by atoms with Crippen LogP contribution in [0.15, 0.2) is 6.33 Å². The number of anilines is 2. The largest absolute Gasteiger partial charge is 0.354 e. The van der Waals surface area contributed by atoms with Crippen molar-refractivity contribution < 1.29 is 0 Å². The fourth-order valence-electron chi connectivity index (χ4n) is 2.15. The molecule has 0 bridgehead atoms. The molecule has 0 aliphatic rings. The Bertz CT molecular complexity index is 598. The molecule has 21 heavy (non-hydrogen) atoms. The lowest BCUT2D eigenvalue weighted by Gasteiger charge is -2.36. The van der Waals surface area contributed by atoms with Gasteiger partial charge in [0.15, 0.2) is 11.5 Å². The zero-order valence-corrected chi connectivity index (χ0v) is 13.9. The first kappa shape index (κ1) is 15.5. The van der Waals surface area contributed by atoms with E-state index in [0.29, 0.717) is 17.6 Å². The Hall–Kier alpha value is -1.85. The number of H-pyrrole nitrogens is 1. The second kappa shape index (κ2) is 5.87. The average Bonchev–Trinajstić information content (AvgIpc) is 2.89. The van der Waals surface area contributed by atoms with E-state index < -0.39 is 0 Å². The molecule has 0 saturated carbocycles. The Morgan fingerprint density at radius 2 is 2.05 bits per heavy atom. The van der Waals surface area contributed by atoms with Gasteiger partial charge in [-0.05, 0) is 18.8 Å². The Kier molecular flexibility index (Phi) is 4.34. The molecule has 0 spiro atoms. The van der Waals surface area contributed by atoms with E-state index in [1.807, 2.05) is 0 Å². The normalized spacial score (nSPS) is 13.4. The lowest BCUT2D eigenvalue weighted by atomic mass is 9.87. The second-order valence-electron chi connectivity index (χ2n) is 6.55. The van der Waals surface area contributed by atoms with Crippen molar-refractivity contribution in [2.75, 3.05) is 23.8 Å². The molecule has 0 aliphatic heterocycles. The third-order valence-electron chi connectivity index (χ3n) is 3.97. The summed E-state index contributed by atoms with van der Waals surface area (Å²) >= 11 is 0. The summed E-state index contributed by atoms with van der Waals surface area (Å²) in [4.78, 5) is 18.7. The topological polar surface area (TPSA) is 69.7 Å². The van der Waals surface area contributed by atoms with Crippen LogP contribution in [0.1, 0.15) is 41.0 Å². The van der Waals surface area contributed by atoms with Crippen LogP contribution in [-0.2, 0) is 0 Å². The van der Waals surface area contributed by atoms with Crippen molar-refractivity contribution >= 4 is 22.9 Å². The van der Waals surface area contributed by atoms with Gasteiger partial charge in [0.2, 0.25) is 5.95 Å². The van der Waals surface area contributed by atoms with E-state index >= 15 is 0 Å². The minimum atomic E-state index is 0.156. The summed E-state index contributed by atoms with van der Waals surface area (Å²) in [6.07, 6.45) is 2.70.